The average molecular weight is 206 g/mol. The summed E-state index contributed by atoms with van der Waals surface area (Å²) in [6, 6.07) is 3.61. The number of aliphatic hydroxyl groups is 1. The first-order chi connectivity index (χ1) is 7.36. The highest BCUT2D eigenvalue weighted by molar-refractivity contribution is 5.82. The maximum absolute atomic E-state index is 10.8. The zero-order valence-electron chi connectivity index (χ0n) is 8.47. The van der Waals surface area contributed by atoms with Crippen LogP contribution in [0.5, 0.6) is 0 Å². The highest BCUT2D eigenvalue weighted by Crippen LogP contribution is 2.25. The van der Waals surface area contributed by atoms with Crippen LogP contribution in [0.25, 0.3) is 0 Å². The minimum atomic E-state index is 0.110. The fourth-order valence-electron chi connectivity index (χ4n) is 2.05. The van der Waals surface area contributed by atoms with Gasteiger partial charge in [-0.1, -0.05) is 0 Å². The van der Waals surface area contributed by atoms with E-state index in [1.165, 1.54) is 0 Å². The molecule has 1 aromatic heterocycles. The number of nitrogens with zero attached hydrogens (tertiary/aromatic N) is 2. The lowest BCUT2D eigenvalue weighted by molar-refractivity contribution is 0.112. The van der Waals surface area contributed by atoms with Crippen molar-refractivity contribution in [2.75, 3.05) is 18.1 Å². The van der Waals surface area contributed by atoms with E-state index in [1.807, 2.05) is 4.90 Å². The third-order valence-corrected chi connectivity index (χ3v) is 2.80. The molecule has 0 saturated carbocycles. The number of carbonyl (C=O) groups excluding carboxylic acids is 1. The van der Waals surface area contributed by atoms with Crippen LogP contribution < -0.4 is 4.90 Å². The maximum atomic E-state index is 10.8. The second kappa shape index (κ2) is 4.40. The molecule has 1 N–H and O–H groups in total. The lowest BCUT2D eigenvalue weighted by Gasteiger charge is -2.24. The summed E-state index contributed by atoms with van der Waals surface area (Å²) in [4.78, 5) is 17.1. The van der Waals surface area contributed by atoms with Gasteiger partial charge in [0.05, 0.1) is 18.2 Å². The Morgan fingerprint density at radius 3 is 3.27 bits per heavy atom. The van der Waals surface area contributed by atoms with E-state index in [9.17, 15) is 9.90 Å². The highest BCUT2D eigenvalue weighted by atomic mass is 16.3. The van der Waals surface area contributed by atoms with Crippen molar-refractivity contribution in [1.29, 1.82) is 0 Å². The van der Waals surface area contributed by atoms with Crippen LogP contribution in [0.1, 0.15) is 23.2 Å². The van der Waals surface area contributed by atoms with E-state index in [4.69, 9.17) is 0 Å². The lowest BCUT2D eigenvalue weighted by Crippen LogP contribution is -2.33. The molecule has 1 aromatic rings. The Balaban J connectivity index is 2.31. The Morgan fingerprint density at radius 2 is 2.53 bits per heavy atom. The summed E-state index contributed by atoms with van der Waals surface area (Å²) in [6.45, 7) is 0.984. The molecule has 80 valence electrons. The number of hydrogen-bond acceptors (Lipinski definition) is 4. The summed E-state index contributed by atoms with van der Waals surface area (Å²) in [5.74, 6) is 0.698. The predicted molar refractivity (Wildman–Crippen MR) is 57.1 cm³/mol. The lowest BCUT2D eigenvalue weighted by atomic mass is 10.2. The maximum Gasteiger partial charge on any atom is 0.153 e. The molecule has 15 heavy (non-hydrogen) atoms. The van der Waals surface area contributed by atoms with Crippen molar-refractivity contribution in [3.05, 3.63) is 23.9 Å². The fraction of sp³-hybridized carbons (Fsp3) is 0.455. The monoisotopic (exact) mass is 206 g/mol. The van der Waals surface area contributed by atoms with Gasteiger partial charge in [0.2, 0.25) is 0 Å². The van der Waals surface area contributed by atoms with Gasteiger partial charge in [-0.15, -0.1) is 0 Å². The van der Waals surface area contributed by atoms with Gasteiger partial charge in [-0.05, 0) is 25.0 Å². The van der Waals surface area contributed by atoms with Gasteiger partial charge in [-0.25, -0.2) is 4.98 Å². The summed E-state index contributed by atoms with van der Waals surface area (Å²) in [5, 5.41) is 9.20. The van der Waals surface area contributed by atoms with Crippen molar-refractivity contribution >= 4 is 12.1 Å². The molecule has 4 heteroatoms. The van der Waals surface area contributed by atoms with Gasteiger partial charge >= 0.3 is 0 Å². The number of pyridine rings is 1. The molecule has 1 aliphatic heterocycles. The molecular formula is C11H14N2O2. The van der Waals surface area contributed by atoms with Gasteiger partial charge in [-0.2, -0.15) is 0 Å². The number of aldehydes is 1. The molecule has 1 aliphatic rings. The Hall–Kier alpha value is -1.42. The molecule has 4 nitrogen and oxygen atoms in total. The quantitative estimate of drug-likeness (QED) is 0.745. The number of rotatable bonds is 3. The van der Waals surface area contributed by atoms with Crippen molar-refractivity contribution in [2.45, 2.75) is 18.9 Å². The smallest absolute Gasteiger partial charge is 0.153 e. The van der Waals surface area contributed by atoms with E-state index in [0.29, 0.717) is 11.4 Å². The van der Waals surface area contributed by atoms with E-state index < -0.39 is 0 Å². The number of hydrogen-bond donors (Lipinski definition) is 1. The predicted octanol–water partition coefficient (Wildman–Crippen LogP) is 0.855. The number of aromatic nitrogens is 1. The van der Waals surface area contributed by atoms with Gasteiger partial charge in [0.25, 0.3) is 0 Å². The molecule has 0 aromatic carbocycles. The Labute approximate surface area is 88.6 Å². The Morgan fingerprint density at radius 1 is 1.67 bits per heavy atom. The summed E-state index contributed by atoms with van der Waals surface area (Å²) < 4.78 is 0. The van der Waals surface area contributed by atoms with Crippen molar-refractivity contribution < 1.29 is 9.90 Å². The first-order valence-electron chi connectivity index (χ1n) is 5.14. The SMILES string of the molecule is O=Cc1cccnc1N1CCCC1CO. The van der Waals surface area contributed by atoms with Gasteiger partial charge in [0.1, 0.15) is 5.82 Å². The molecule has 1 atom stereocenters. The summed E-state index contributed by atoms with van der Waals surface area (Å²) >= 11 is 0. The standard InChI is InChI=1S/C11H14N2O2/c14-7-9-3-1-5-12-11(9)13-6-2-4-10(13)8-15/h1,3,5,7,10,15H,2,4,6,8H2. The second-order valence-corrected chi connectivity index (χ2v) is 3.71. The van der Waals surface area contributed by atoms with Crippen molar-refractivity contribution in [3.8, 4) is 0 Å². The van der Waals surface area contributed by atoms with Gasteiger partial charge in [0.15, 0.2) is 6.29 Å². The van der Waals surface area contributed by atoms with Gasteiger partial charge in [-0.3, -0.25) is 4.79 Å². The molecule has 0 aliphatic carbocycles. The van der Waals surface area contributed by atoms with Crippen LogP contribution in [0, 0.1) is 0 Å². The van der Waals surface area contributed by atoms with E-state index in [1.54, 1.807) is 18.3 Å². The average Bonchev–Trinajstić information content (AvgIpc) is 2.76. The van der Waals surface area contributed by atoms with Crippen LogP contribution in [0.15, 0.2) is 18.3 Å². The third kappa shape index (κ3) is 1.85. The number of aliphatic hydroxyl groups excluding tert-OH is 1. The van der Waals surface area contributed by atoms with Crippen LogP contribution in [0.4, 0.5) is 5.82 Å². The zero-order chi connectivity index (χ0) is 10.7. The van der Waals surface area contributed by atoms with Crippen molar-refractivity contribution in [1.82, 2.24) is 4.98 Å². The molecule has 1 fully saturated rings. The van der Waals surface area contributed by atoms with Crippen LogP contribution >= 0.6 is 0 Å². The topological polar surface area (TPSA) is 53.4 Å². The zero-order valence-corrected chi connectivity index (χ0v) is 8.47. The summed E-state index contributed by atoms with van der Waals surface area (Å²) in [7, 11) is 0. The molecule has 0 radical (unpaired) electrons. The first kappa shape index (κ1) is 10.1. The number of carbonyl (C=O) groups is 1. The summed E-state index contributed by atoms with van der Waals surface area (Å²) in [6.07, 6.45) is 4.50. The third-order valence-electron chi connectivity index (χ3n) is 2.80. The van der Waals surface area contributed by atoms with E-state index >= 15 is 0 Å². The first-order valence-corrected chi connectivity index (χ1v) is 5.14. The normalized spacial score (nSPS) is 20.6. The van der Waals surface area contributed by atoms with Crippen LogP contribution in [-0.4, -0.2) is 35.6 Å². The molecule has 1 unspecified atom stereocenters. The molecule has 2 heterocycles. The highest BCUT2D eigenvalue weighted by Gasteiger charge is 2.26. The fourth-order valence-corrected chi connectivity index (χ4v) is 2.05. The Kier molecular flexibility index (Phi) is 2.97. The second-order valence-electron chi connectivity index (χ2n) is 3.71. The van der Waals surface area contributed by atoms with E-state index in [0.717, 1.165) is 25.7 Å². The Bertz CT molecular complexity index is 354. The molecule has 1 saturated heterocycles. The van der Waals surface area contributed by atoms with E-state index in [-0.39, 0.29) is 12.6 Å². The van der Waals surface area contributed by atoms with Crippen LogP contribution in [0.2, 0.25) is 0 Å². The summed E-state index contributed by atoms with van der Waals surface area (Å²) in [5.41, 5.74) is 0.595. The number of anilines is 1. The largest absolute Gasteiger partial charge is 0.394 e. The van der Waals surface area contributed by atoms with Crippen molar-refractivity contribution in [2.24, 2.45) is 0 Å². The molecule has 2 rings (SSSR count). The minimum Gasteiger partial charge on any atom is -0.394 e. The van der Waals surface area contributed by atoms with E-state index in [2.05, 4.69) is 4.98 Å². The molecule has 0 spiro atoms. The molecule has 0 amide bonds. The van der Waals surface area contributed by atoms with Crippen LogP contribution in [-0.2, 0) is 0 Å². The van der Waals surface area contributed by atoms with Crippen molar-refractivity contribution in [3.63, 3.8) is 0 Å². The minimum absolute atomic E-state index is 0.110. The van der Waals surface area contributed by atoms with Gasteiger partial charge < -0.3 is 10.0 Å². The van der Waals surface area contributed by atoms with Crippen LogP contribution in [0.3, 0.4) is 0 Å². The molecule has 0 bridgehead atoms. The molecular weight excluding hydrogens is 192 g/mol. The van der Waals surface area contributed by atoms with Gasteiger partial charge in [0, 0.05) is 12.7 Å².